The molecular weight excluding hydrogens is 306 g/mol. The van der Waals surface area contributed by atoms with Gasteiger partial charge in [-0.3, -0.25) is 9.48 Å². The van der Waals surface area contributed by atoms with Crippen LogP contribution in [0.15, 0.2) is 34.8 Å². The Bertz CT molecular complexity index is 587. The first-order valence-corrected chi connectivity index (χ1v) is 6.83. The van der Waals surface area contributed by atoms with Crippen molar-refractivity contribution in [1.29, 1.82) is 0 Å². The summed E-state index contributed by atoms with van der Waals surface area (Å²) in [6.45, 7) is 3.87. The summed E-state index contributed by atoms with van der Waals surface area (Å²) in [5.41, 5.74) is 2.46. The molecule has 1 aromatic heterocycles. The van der Waals surface area contributed by atoms with E-state index >= 15 is 0 Å². The van der Waals surface area contributed by atoms with Gasteiger partial charge in [0.25, 0.3) is 5.91 Å². The highest BCUT2D eigenvalue weighted by Gasteiger charge is 2.14. The van der Waals surface area contributed by atoms with Gasteiger partial charge in [0.1, 0.15) is 5.69 Å². The molecule has 19 heavy (non-hydrogen) atoms. The van der Waals surface area contributed by atoms with Gasteiger partial charge in [-0.05, 0) is 37.6 Å². The first-order chi connectivity index (χ1) is 8.97. The first kappa shape index (κ1) is 13.8. The Hall–Kier alpha value is -1.62. The summed E-state index contributed by atoms with van der Waals surface area (Å²) < 4.78 is 2.69. The van der Waals surface area contributed by atoms with Crippen molar-refractivity contribution in [2.24, 2.45) is 7.05 Å². The van der Waals surface area contributed by atoms with E-state index in [0.29, 0.717) is 5.69 Å². The molecular formula is C14H16BrN3O. The molecule has 0 bridgehead atoms. The predicted octanol–water partition coefficient (Wildman–Crippen LogP) is 2.98. The zero-order valence-corrected chi connectivity index (χ0v) is 12.7. The number of aromatic nitrogens is 2. The summed E-state index contributed by atoms with van der Waals surface area (Å²) in [5.74, 6) is -0.156. The summed E-state index contributed by atoms with van der Waals surface area (Å²) in [6, 6.07) is 9.61. The number of nitrogens with one attached hydrogen (secondary N) is 1. The van der Waals surface area contributed by atoms with Crippen LogP contribution in [0.2, 0.25) is 0 Å². The monoisotopic (exact) mass is 321 g/mol. The fourth-order valence-corrected chi connectivity index (χ4v) is 2.22. The van der Waals surface area contributed by atoms with Crippen molar-refractivity contribution in [1.82, 2.24) is 15.1 Å². The number of carbonyl (C=O) groups is 1. The van der Waals surface area contributed by atoms with Crippen molar-refractivity contribution in [2.75, 3.05) is 0 Å². The van der Waals surface area contributed by atoms with E-state index in [4.69, 9.17) is 0 Å². The Kier molecular flexibility index (Phi) is 4.04. The number of aryl methyl sites for hydroxylation is 2. The van der Waals surface area contributed by atoms with E-state index in [1.165, 1.54) is 0 Å². The van der Waals surface area contributed by atoms with Crippen LogP contribution in [0.3, 0.4) is 0 Å². The van der Waals surface area contributed by atoms with Crippen LogP contribution in [0.25, 0.3) is 0 Å². The average Bonchev–Trinajstić information content (AvgIpc) is 2.69. The van der Waals surface area contributed by atoms with Gasteiger partial charge >= 0.3 is 0 Å². The lowest BCUT2D eigenvalue weighted by atomic mass is 10.1. The topological polar surface area (TPSA) is 46.9 Å². The number of benzene rings is 1. The maximum absolute atomic E-state index is 12.1. The highest BCUT2D eigenvalue weighted by atomic mass is 79.9. The van der Waals surface area contributed by atoms with E-state index in [9.17, 15) is 4.79 Å². The second kappa shape index (κ2) is 5.57. The third kappa shape index (κ3) is 3.23. The lowest BCUT2D eigenvalue weighted by Gasteiger charge is -2.13. The molecule has 1 N–H and O–H groups in total. The van der Waals surface area contributed by atoms with Gasteiger partial charge in [-0.25, -0.2) is 0 Å². The molecule has 0 saturated carbocycles. The van der Waals surface area contributed by atoms with Gasteiger partial charge in [0.05, 0.1) is 6.04 Å². The molecule has 0 saturated heterocycles. The zero-order valence-electron chi connectivity index (χ0n) is 11.1. The minimum absolute atomic E-state index is 0.0627. The van der Waals surface area contributed by atoms with Crippen molar-refractivity contribution >= 4 is 21.8 Å². The van der Waals surface area contributed by atoms with E-state index in [1.807, 2.05) is 45.2 Å². The Morgan fingerprint density at radius 3 is 2.74 bits per heavy atom. The predicted molar refractivity (Wildman–Crippen MR) is 78.0 cm³/mol. The van der Waals surface area contributed by atoms with Crippen LogP contribution >= 0.6 is 15.9 Å². The lowest BCUT2D eigenvalue weighted by molar-refractivity contribution is 0.0934. The molecule has 1 amide bonds. The number of carbonyl (C=O) groups excluding carboxylic acids is 1. The Labute approximate surface area is 120 Å². The maximum atomic E-state index is 12.1. The summed E-state index contributed by atoms with van der Waals surface area (Å²) in [6.07, 6.45) is 0. The van der Waals surface area contributed by atoms with Gasteiger partial charge in [-0.1, -0.05) is 28.1 Å². The van der Waals surface area contributed by atoms with Crippen molar-refractivity contribution < 1.29 is 4.79 Å². The molecule has 1 atom stereocenters. The minimum atomic E-state index is -0.156. The molecule has 2 rings (SSSR count). The summed E-state index contributed by atoms with van der Waals surface area (Å²) in [5, 5.41) is 7.11. The van der Waals surface area contributed by atoms with E-state index in [-0.39, 0.29) is 11.9 Å². The molecule has 0 aliphatic heterocycles. The highest BCUT2D eigenvalue weighted by molar-refractivity contribution is 9.10. The second-order valence-corrected chi connectivity index (χ2v) is 5.46. The van der Waals surface area contributed by atoms with Gasteiger partial charge in [0, 0.05) is 17.2 Å². The third-order valence-electron chi connectivity index (χ3n) is 3.04. The van der Waals surface area contributed by atoms with Crippen molar-refractivity contribution in [3.63, 3.8) is 0 Å². The number of halogens is 1. The Morgan fingerprint density at radius 1 is 1.42 bits per heavy atom. The highest BCUT2D eigenvalue weighted by Crippen LogP contribution is 2.18. The zero-order chi connectivity index (χ0) is 14.0. The molecule has 5 heteroatoms. The van der Waals surface area contributed by atoms with E-state index in [2.05, 4.69) is 26.3 Å². The fourth-order valence-electron chi connectivity index (χ4n) is 1.80. The van der Waals surface area contributed by atoms with Gasteiger partial charge in [-0.15, -0.1) is 0 Å². The van der Waals surface area contributed by atoms with Crippen LogP contribution in [0.4, 0.5) is 0 Å². The van der Waals surface area contributed by atoms with E-state index < -0.39 is 0 Å². The van der Waals surface area contributed by atoms with Crippen LogP contribution in [0.5, 0.6) is 0 Å². The average molecular weight is 322 g/mol. The SMILES string of the molecule is Cc1cc(C(=O)NC(C)c2cccc(Br)c2)nn1C. The van der Waals surface area contributed by atoms with Gasteiger partial charge < -0.3 is 5.32 Å². The summed E-state index contributed by atoms with van der Waals surface area (Å²) in [7, 11) is 1.82. The number of hydrogen-bond donors (Lipinski definition) is 1. The van der Waals surface area contributed by atoms with Crippen molar-refractivity contribution in [2.45, 2.75) is 19.9 Å². The molecule has 4 nitrogen and oxygen atoms in total. The summed E-state index contributed by atoms with van der Waals surface area (Å²) >= 11 is 3.43. The fraction of sp³-hybridized carbons (Fsp3) is 0.286. The molecule has 0 aliphatic rings. The smallest absolute Gasteiger partial charge is 0.272 e. The van der Waals surface area contributed by atoms with E-state index in [1.54, 1.807) is 10.7 Å². The number of hydrogen-bond acceptors (Lipinski definition) is 2. The first-order valence-electron chi connectivity index (χ1n) is 6.04. The van der Waals surface area contributed by atoms with Crippen LogP contribution in [-0.4, -0.2) is 15.7 Å². The largest absolute Gasteiger partial charge is 0.344 e. The molecule has 1 heterocycles. The van der Waals surface area contributed by atoms with Gasteiger partial charge in [-0.2, -0.15) is 5.10 Å². The molecule has 0 radical (unpaired) electrons. The molecule has 0 fully saturated rings. The third-order valence-corrected chi connectivity index (χ3v) is 3.54. The molecule has 1 unspecified atom stereocenters. The van der Waals surface area contributed by atoms with Gasteiger partial charge in [0.2, 0.25) is 0 Å². The minimum Gasteiger partial charge on any atom is -0.344 e. The molecule has 0 spiro atoms. The van der Waals surface area contributed by atoms with Crippen LogP contribution in [-0.2, 0) is 7.05 Å². The lowest BCUT2D eigenvalue weighted by Crippen LogP contribution is -2.27. The number of nitrogens with zero attached hydrogens (tertiary/aromatic N) is 2. The molecule has 0 aliphatic carbocycles. The van der Waals surface area contributed by atoms with Gasteiger partial charge in [0.15, 0.2) is 0 Å². The Morgan fingerprint density at radius 2 is 2.16 bits per heavy atom. The normalized spacial score (nSPS) is 12.2. The quantitative estimate of drug-likeness (QED) is 0.944. The van der Waals surface area contributed by atoms with Crippen molar-refractivity contribution in [3.8, 4) is 0 Å². The molecule has 100 valence electrons. The Balaban J connectivity index is 2.10. The van der Waals surface area contributed by atoms with Crippen molar-refractivity contribution in [3.05, 3.63) is 51.8 Å². The standard InChI is InChI=1S/C14H16BrN3O/c1-9-7-13(17-18(9)3)14(19)16-10(2)11-5-4-6-12(15)8-11/h4-8,10H,1-3H3,(H,16,19). The van der Waals surface area contributed by atoms with E-state index in [0.717, 1.165) is 15.7 Å². The number of amides is 1. The van der Waals surface area contributed by atoms with Crippen LogP contribution < -0.4 is 5.32 Å². The summed E-state index contributed by atoms with van der Waals surface area (Å²) in [4.78, 5) is 12.1. The van der Waals surface area contributed by atoms with Crippen LogP contribution in [0, 0.1) is 6.92 Å². The van der Waals surface area contributed by atoms with Crippen LogP contribution in [0.1, 0.15) is 34.7 Å². The molecule has 2 aromatic rings. The second-order valence-electron chi connectivity index (χ2n) is 4.54. The maximum Gasteiger partial charge on any atom is 0.272 e. The number of rotatable bonds is 3. The molecule has 1 aromatic carbocycles.